The Bertz CT molecular complexity index is 2180. The molecule has 50 heavy (non-hydrogen) atoms. The summed E-state index contributed by atoms with van der Waals surface area (Å²) in [6, 6.07) is 18.2. The molecule has 0 aliphatic rings. The van der Waals surface area contributed by atoms with Crippen molar-refractivity contribution in [2.24, 2.45) is 0 Å². The molecule has 2 atom stereocenters. The second kappa shape index (κ2) is 15.4. The summed E-state index contributed by atoms with van der Waals surface area (Å²) < 4.78 is 131. The van der Waals surface area contributed by atoms with Gasteiger partial charge in [0.2, 0.25) is 0 Å². The van der Waals surface area contributed by atoms with E-state index in [-0.39, 0.29) is 32.4 Å². The summed E-state index contributed by atoms with van der Waals surface area (Å²) >= 11 is 0. The number of hydrogen-bond donors (Lipinski definition) is 4. The Kier molecular flexibility index (Phi) is 12.6. The van der Waals surface area contributed by atoms with Gasteiger partial charge >= 0.3 is 0 Å². The van der Waals surface area contributed by atoms with Gasteiger partial charge in [-0.2, -0.15) is 33.7 Å². The molecule has 0 aliphatic heterocycles. The fraction of sp³-hybridized carbons (Fsp3) is 0.294. The lowest BCUT2D eigenvalue weighted by molar-refractivity contribution is 0.477. The lowest BCUT2D eigenvalue weighted by Crippen LogP contribution is -2.10. The zero-order valence-electron chi connectivity index (χ0n) is 28.2. The average molecular weight is 769 g/mol. The molecule has 0 amide bonds. The van der Waals surface area contributed by atoms with E-state index in [1.54, 1.807) is 90.1 Å². The first-order valence-corrected chi connectivity index (χ1v) is 20.8. The van der Waals surface area contributed by atoms with Crippen LogP contribution < -0.4 is 0 Å². The molecule has 0 aliphatic carbocycles. The SMILES string of the molecule is Cc1ccc(S(=O)(=O)O)c(CC(C)c2cc(C)ccc2S(=O)(=O)O)c1.Cc1ccc(S(=O)(=O)O)c(CC(C)c2cc(C)ccc2S(=O)(=O)O)c1. The highest BCUT2D eigenvalue weighted by atomic mass is 32.2. The lowest BCUT2D eigenvalue weighted by Gasteiger charge is -2.18. The van der Waals surface area contributed by atoms with Gasteiger partial charge in [-0.05, 0) is 98.9 Å². The molecule has 4 aromatic carbocycles. The Morgan fingerprint density at radius 2 is 0.660 bits per heavy atom. The van der Waals surface area contributed by atoms with Crippen LogP contribution in [-0.2, 0) is 53.3 Å². The Morgan fingerprint density at radius 1 is 0.420 bits per heavy atom. The summed E-state index contributed by atoms with van der Waals surface area (Å²) in [6.45, 7) is 10.6. The van der Waals surface area contributed by atoms with Gasteiger partial charge < -0.3 is 0 Å². The number of benzene rings is 4. The summed E-state index contributed by atoms with van der Waals surface area (Å²) in [7, 11) is -17.6. The van der Waals surface area contributed by atoms with Crippen molar-refractivity contribution >= 4 is 40.5 Å². The molecule has 4 aromatic rings. The van der Waals surface area contributed by atoms with Crippen LogP contribution in [0.3, 0.4) is 0 Å². The van der Waals surface area contributed by atoms with Crippen LogP contribution >= 0.6 is 0 Å². The molecule has 0 bridgehead atoms. The maximum Gasteiger partial charge on any atom is 0.294 e. The molecule has 0 radical (unpaired) electrons. The molecule has 0 heterocycles. The largest absolute Gasteiger partial charge is 0.294 e. The molecular formula is C34H40O12S4. The van der Waals surface area contributed by atoms with E-state index >= 15 is 0 Å². The van der Waals surface area contributed by atoms with Crippen molar-refractivity contribution in [1.29, 1.82) is 0 Å². The molecular weight excluding hydrogens is 729 g/mol. The van der Waals surface area contributed by atoms with E-state index in [9.17, 15) is 51.9 Å². The van der Waals surface area contributed by atoms with E-state index in [4.69, 9.17) is 0 Å². The molecule has 16 heteroatoms. The summed E-state index contributed by atoms with van der Waals surface area (Å²) in [5.41, 5.74) is 4.82. The zero-order chi connectivity index (χ0) is 38.0. The monoisotopic (exact) mass is 768 g/mol. The molecule has 0 saturated carbocycles. The highest BCUT2D eigenvalue weighted by Crippen LogP contribution is 2.32. The van der Waals surface area contributed by atoms with E-state index < -0.39 is 52.3 Å². The van der Waals surface area contributed by atoms with Crippen LogP contribution in [0.25, 0.3) is 0 Å². The lowest BCUT2D eigenvalue weighted by atomic mass is 9.92. The average Bonchev–Trinajstić information content (AvgIpc) is 2.95. The molecule has 0 saturated heterocycles. The highest BCUT2D eigenvalue weighted by molar-refractivity contribution is 7.86. The fourth-order valence-electron chi connectivity index (χ4n) is 5.69. The van der Waals surface area contributed by atoms with E-state index in [1.165, 1.54) is 24.3 Å². The molecule has 272 valence electrons. The predicted molar refractivity (Wildman–Crippen MR) is 188 cm³/mol. The van der Waals surface area contributed by atoms with Gasteiger partial charge in [0.25, 0.3) is 40.5 Å². The summed E-state index contributed by atoms with van der Waals surface area (Å²) in [5, 5.41) is 0. The molecule has 2 unspecified atom stereocenters. The smallest absolute Gasteiger partial charge is 0.282 e. The van der Waals surface area contributed by atoms with Crippen molar-refractivity contribution in [3.8, 4) is 0 Å². The summed E-state index contributed by atoms with van der Waals surface area (Å²) in [5.74, 6) is -0.807. The van der Waals surface area contributed by atoms with Crippen LogP contribution in [0, 0.1) is 27.7 Å². The standard InChI is InChI=1S/2C17H20O6S2/c2*1-11-4-6-16(24(18,19)20)14(8-11)10-13(3)15-9-12(2)5-7-17(15)25(21,22)23/h2*4-9,13H,10H2,1-3H3,(H,18,19,20)(H,21,22,23). The highest BCUT2D eigenvalue weighted by Gasteiger charge is 2.24. The molecule has 4 rings (SSSR count). The van der Waals surface area contributed by atoms with Crippen molar-refractivity contribution in [2.45, 2.75) is 85.8 Å². The Morgan fingerprint density at radius 3 is 0.920 bits per heavy atom. The van der Waals surface area contributed by atoms with Crippen LogP contribution in [0.2, 0.25) is 0 Å². The third-order valence-corrected chi connectivity index (χ3v) is 11.8. The Hall–Kier alpha value is -3.48. The first kappa shape index (κ1) is 40.9. The maximum atomic E-state index is 11.6. The van der Waals surface area contributed by atoms with Gasteiger partial charge in [0.1, 0.15) is 0 Å². The van der Waals surface area contributed by atoms with Crippen LogP contribution in [0.5, 0.6) is 0 Å². The fourth-order valence-corrected chi connectivity index (χ4v) is 8.72. The Labute approximate surface area is 294 Å². The number of hydrogen-bond acceptors (Lipinski definition) is 8. The number of rotatable bonds is 10. The van der Waals surface area contributed by atoms with Crippen LogP contribution in [0.1, 0.15) is 70.2 Å². The second-order valence-electron chi connectivity index (χ2n) is 12.4. The minimum Gasteiger partial charge on any atom is -0.282 e. The molecule has 4 N–H and O–H groups in total. The normalized spacial score (nSPS) is 13.6. The molecule has 0 fully saturated rings. The van der Waals surface area contributed by atoms with Gasteiger partial charge in [-0.1, -0.05) is 84.6 Å². The van der Waals surface area contributed by atoms with Crippen molar-refractivity contribution in [3.63, 3.8) is 0 Å². The van der Waals surface area contributed by atoms with E-state index in [1.807, 2.05) is 0 Å². The third-order valence-electron chi connectivity index (χ3n) is 7.99. The summed E-state index contributed by atoms with van der Waals surface area (Å²) in [6.07, 6.45) is 0.367. The van der Waals surface area contributed by atoms with E-state index in [0.29, 0.717) is 22.3 Å². The van der Waals surface area contributed by atoms with Crippen LogP contribution in [0.4, 0.5) is 0 Å². The van der Waals surface area contributed by atoms with Crippen molar-refractivity contribution in [3.05, 3.63) is 117 Å². The quantitative estimate of drug-likeness (QED) is 0.131. The zero-order valence-corrected chi connectivity index (χ0v) is 31.5. The van der Waals surface area contributed by atoms with Crippen molar-refractivity contribution in [2.75, 3.05) is 0 Å². The number of aryl methyl sites for hydroxylation is 4. The maximum absolute atomic E-state index is 11.6. The van der Waals surface area contributed by atoms with Gasteiger partial charge in [-0.3, -0.25) is 18.2 Å². The van der Waals surface area contributed by atoms with Crippen LogP contribution in [0.15, 0.2) is 92.4 Å². The first-order valence-electron chi connectivity index (χ1n) is 15.1. The molecule has 0 spiro atoms. The van der Waals surface area contributed by atoms with E-state index in [0.717, 1.165) is 22.3 Å². The minimum atomic E-state index is -4.40. The van der Waals surface area contributed by atoms with Gasteiger partial charge in [0.05, 0.1) is 19.6 Å². The summed E-state index contributed by atoms with van der Waals surface area (Å²) in [4.78, 5) is -0.810. The van der Waals surface area contributed by atoms with Gasteiger partial charge in [-0.15, -0.1) is 0 Å². The second-order valence-corrected chi connectivity index (χ2v) is 18.0. The predicted octanol–water partition coefficient (Wildman–Crippen LogP) is 6.29. The van der Waals surface area contributed by atoms with Crippen molar-refractivity contribution < 1.29 is 51.9 Å². The van der Waals surface area contributed by atoms with Crippen LogP contribution in [-0.4, -0.2) is 51.9 Å². The van der Waals surface area contributed by atoms with Gasteiger partial charge in [0, 0.05) is 0 Å². The van der Waals surface area contributed by atoms with E-state index in [2.05, 4.69) is 0 Å². The molecule has 0 aromatic heterocycles. The topological polar surface area (TPSA) is 217 Å². The third kappa shape index (κ3) is 10.8. The first-order chi connectivity index (χ1) is 22.8. The molecule has 12 nitrogen and oxygen atoms in total. The van der Waals surface area contributed by atoms with Gasteiger partial charge in [-0.25, -0.2) is 0 Å². The van der Waals surface area contributed by atoms with Gasteiger partial charge in [0.15, 0.2) is 0 Å². The van der Waals surface area contributed by atoms with Crippen molar-refractivity contribution in [1.82, 2.24) is 0 Å². The Balaban J connectivity index is 0.000000270. The minimum absolute atomic E-state index is 0.183.